The van der Waals surface area contributed by atoms with Crippen molar-refractivity contribution >= 4 is 0 Å². The summed E-state index contributed by atoms with van der Waals surface area (Å²) in [6.45, 7) is 1.36. The van der Waals surface area contributed by atoms with Gasteiger partial charge in [-0.1, -0.05) is 25.0 Å². The molecule has 1 saturated carbocycles. The summed E-state index contributed by atoms with van der Waals surface area (Å²) in [5, 5.41) is 8.95. The van der Waals surface area contributed by atoms with Crippen LogP contribution in [-0.2, 0) is 6.54 Å². The lowest BCUT2D eigenvalue weighted by atomic mass is 10.1. The van der Waals surface area contributed by atoms with Gasteiger partial charge >= 0.3 is 0 Å². The van der Waals surface area contributed by atoms with E-state index in [2.05, 4.69) is 15.7 Å². The molecule has 1 aromatic carbocycles. The Kier molecular flexibility index (Phi) is 4.55. The van der Waals surface area contributed by atoms with E-state index in [-0.39, 0.29) is 6.61 Å². The predicted molar refractivity (Wildman–Crippen MR) is 82.2 cm³/mol. The third-order valence-electron chi connectivity index (χ3n) is 4.12. The van der Waals surface area contributed by atoms with Crippen molar-refractivity contribution in [1.29, 1.82) is 0 Å². The first-order valence-electron chi connectivity index (χ1n) is 7.72. The Hall–Kier alpha value is -1.81. The van der Waals surface area contributed by atoms with Gasteiger partial charge in [0.1, 0.15) is 18.2 Å². The SMILES string of the molecule is OCCOc1ccccc1-c1nccn1CC1CCCC1. The maximum atomic E-state index is 8.95. The number of aliphatic hydroxyl groups excluding tert-OH is 1. The minimum atomic E-state index is 0.0187. The second-order valence-electron chi connectivity index (χ2n) is 5.62. The van der Waals surface area contributed by atoms with Crippen LogP contribution in [0.4, 0.5) is 0 Å². The van der Waals surface area contributed by atoms with Crippen molar-refractivity contribution in [3.05, 3.63) is 36.7 Å². The summed E-state index contributed by atoms with van der Waals surface area (Å²) in [7, 11) is 0. The predicted octanol–water partition coefficient (Wildman–Crippen LogP) is 3.11. The van der Waals surface area contributed by atoms with Gasteiger partial charge in [0.15, 0.2) is 0 Å². The molecule has 1 N–H and O–H groups in total. The van der Waals surface area contributed by atoms with Crippen molar-refractivity contribution < 1.29 is 9.84 Å². The summed E-state index contributed by atoms with van der Waals surface area (Å²) >= 11 is 0. The van der Waals surface area contributed by atoms with Crippen molar-refractivity contribution in [1.82, 2.24) is 9.55 Å². The largest absolute Gasteiger partial charge is 0.490 e. The van der Waals surface area contributed by atoms with Crippen molar-refractivity contribution in [2.75, 3.05) is 13.2 Å². The fraction of sp³-hybridized carbons (Fsp3) is 0.471. The molecular weight excluding hydrogens is 264 g/mol. The molecule has 0 amide bonds. The molecule has 0 saturated heterocycles. The Morgan fingerprint density at radius 1 is 1.24 bits per heavy atom. The van der Waals surface area contributed by atoms with Crippen LogP contribution in [-0.4, -0.2) is 27.9 Å². The summed E-state index contributed by atoms with van der Waals surface area (Å²) in [6, 6.07) is 7.90. The van der Waals surface area contributed by atoms with Crippen molar-refractivity contribution in [2.24, 2.45) is 5.92 Å². The Balaban J connectivity index is 1.85. The molecule has 0 radical (unpaired) electrons. The second kappa shape index (κ2) is 6.76. The van der Waals surface area contributed by atoms with Gasteiger partial charge in [0.2, 0.25) is 0 Å². The lowest BCUT2D eigenvalue weighted by Gasteiger charge is -2.15. The maximum absolute atomic E-state index is 8.95. The highest BCUT2D eigenvalue weighted by Gasteiger charge is 2.18. The van der Waals surface area contributed by atoms with Crippen LogP contribution in [0.15, 0.2) is 36.7 Å². The lowest BCUT2D eigenvalue weighted by Crippen LogP contribution is -2.09. The van der Waals surface area contributed by atoms with E-state index in [1.54, 1.807) is 0 Å². The summed E-state index contributed by atoms with van der Waals surface area (Å²) in [5.74, 6) is 2.50. The fourth-order valence-electron chi connectivity index (χ4n) is 3.10. The van der Waals surface area contributed by atoms with Crippen molar-refractivity contribution in [2.45, 2.75) is 32.2 Å². The number of benzene rings is 1. The topological polar surface area (TPSA) is 47.3 Å². The number of para-hydroxylation sites is 1. The van der Waals surface area contributed by atoms with Crippen LogP contribution in [0, 0.1) is 5.92 Å². The second-order valence-corrected chi connectivity index (χ2v) is 5.62. The zero-order valence-electron chi connectivity index (χ0n) is 12.2. The fourth-order valence-corrected chi connectivity index (χ4v) is 3.10. The van der Waals surface area contributed by atoms with E-state index < -0.39 is 0 Å². The number of hydrogen-bond acceptors (Lipinski definition) is 3. The molecule has 1 fully saturated rings. The van der Waals surface area contributed by atoms with Crippen LogP contribution in [0.2, 0.25) is 0 Å². The minimum Gasteiger partial charge on any atom is -0.490 e. The summed E-state index contributed by atoms with van der Waals surface area (Å²) < 4.78 is 7.87. The smallest absolute Gasteiger partial charge is 0.143 e. The molecule has 112 valence electrons. The van der Waals surface area contributed by atoms with E-state index in [1.165, 1.54) is 25.7 Å². The normalized spacial score (nSPS) is 15.5. The van der Waals surface area contributed by atoms with Gasteiger partial charge in [0.25, 0.3) is 0 Å². The molecule has 3 rings (SSSR count). The van der Waals surface area contributed by atoms with Gasteiger partial charge in [-0.05, 0) is 30.9 Å². The van der Waals surface area contributed by atoms with E-state index in [4.69, 9.17) is 9.84 Å². The van der Waals surface area contributed by atoms with Crippen molar-refractivity contribution in [3.8, 4) is 17.1 Å². The van der Waals surface area contributed by atoms with Crippen LogP contribution in [0.25, 0.3) is 11.4 Å². The quantitative estimate of drug-likeness (QED) is 0.887. The number of imidazole rings is 1. The molecule has 0 atom stereocenters. The van der Waals surface area contributed by atoms with E-state index in [9.17, 15) is 0 Å². The lowest BCUT2D eigenvalue weighted by molar-refractivity contribution is 0.202. The third-order valence-corrected chi connectivity index (χ3v) is 4.12. The first-order chi connectivity index (χ1) is 10.4. The number of aliphatic hydroxyl groups is 1. The number of ether oxygens (including phenoxy) is 1. The Morgan fingerprint density at radius 2 is 2.05 bits per heavy atom. The molecular formula is C17H22N2O2. The number of aromatic nitrogens is 2. The average Bonchev–Trinajstić information content (AvgIpc) is 3.18. The maximum Gasteiger partial charge on any atom is 0.143 e. The Morgan fingerprint density at radius 3 is 2.86 bits per heavy atom. The molecule has 21 heavy (non-hydrogen) atoms. The molecule has 0 bridgehead atoms. The molecule has 4 heteroatoms. The molecule has 0 unspecified atom stereocenters. The van der Waals surface area contributed by atoms with Gasteiger partial charge in [-0.2, -0.15) is 0 Å². The molecule has 1 heterocycles. The molecule has 4 nitrogen and oxygen atoms in total. The van der Waals surface area contributed by atoms with Crippen LogP contribution < -0.4 is 4.74 Å². The zero-order valence-corrected chi connectivity index (χ0v) is 12.2. The Labute approximate surface area is 125 Å². The van der Waals surface area contributed by atoms with Crippen LogP contribution >= 0.6 is 0 Å². The van der Waals surface area contributed by atoms with Gasteiger partial charge in [0.05, 0.1) is 12.2 Å². The van der Waals surface area contributed by atoms with E-state index >= 15 is 0 Å². The monoisotopic (exact) mass is 286 g/mol. The highest BCUT2D eigenvalue weighted by atomic mass is 16.5. The third kappa shape index (κ3) is 3.27. The molecule has 1 aromatic heterocycles. The average molecular weight is 286 g/mol. The Bertz CT molecular complexity index is 574. The van der Waals surface area contributed by atoms with Gasteiger partial charge in [-0.3, -0.25) is 0 Å². The molecule has 0 aliphatic heterocycles. The van der Waals surface area contributed by atoms with Crippen LogP contribution in [0.1, 0.15) is 25.7 Å². The highest BCUT2D eigenvalue weighted by molar-refractivity contribution is 5.64. The molecule has 1 aliphatic carbocycles. The minimum absolute atomic E-state index is 0.0187. The molecule has 2 aromatic rings. The molecule has 1 aliphatic rings. The van der Waals surface area contributed by atoms with Gasteiger partial charge in [0, 0.05) is 18.9 Å². The van der Waals surface area contributed by atoms with E-state index in [0.717, 1.165) is 29.6 Å². The molecule has 0 spiro atoms. The first kappa shape index (κ1) is 14.1. The highest BCUT2D eigenvalue weighted by Crippen LogP contribution is 2.31. The zero-order chi connectivity index (χ0) is 14.5. The summed E-state index contributed by atoms with van der Waals surface area (Å²) in [6.07, 6.45) is 9.25. The van der Waals surface area contributed by atoms with Gasteiger partial charge in [-0.15, -0.1) is 0 Å². The van der Waals surface area contributed by atoms with Gasteiger partial charge in [-0.25, -0.2) is 4.98 Å². The number of hydrogen-bond donors (Lipinski definition) is 1. The number of rotatable bonds is 6. The van der Waals surface area contributed by atoms with Crippen LogP contribution in [0.3, 0.4) is 0 Å². The van der Waals surface area contributed by atoms with E-state index in [1.807, 2.05) is 30.5 Å². The van der Waals surface area contributed by atoms with E-state index in [0.29, 0.717) is 6.61 Å². The first-order valence-corrected chi connectivity index (χ1v) is 7.72. The summed E-state index contributed by atoms with van der Waals surface area (Å²) in [5.41, 5.74) is 0.994. The van der Waals surface area contributed by atoms with Crippen LogP contribution in [0.5, 0.6) is 5.75 Å². The summed E-state index contributed by atoms with van der Waals surface area (Å²) in [4.78, 5) is 4.52. The standard InChI is InChI=1S/C17H22N2O2/c20-11-12-21-16-8-4-3-7-15(16)17-18-9-10-19(17)13-14-5-1-2-6-14/h3-4,7-10,14,20H,1-2,5-6,11-13H2. The van der Waals surface area contributed by atoms with Crippen molar-refractivity contribution in [3.63, 3.8) is 0 Å². The van der Waals surface area contributed by atoms with Gasteiger partial charge < -0.3 is 14.4 Å². The number of nitrogens with zero attached hydrogens (tertiary/aromatic N) is 2.